The van der Waals surface area contributed by atoms with E-state index >= 15 is 0 Å². The number of aliphatic hydroxyl groups excluding tert-OH is 1. The normalized spacial score (nSPS) is 14.2. The Labute approximate surface area is 199 Å². The molecule has 34 heavy (non-hydrogen) atoms. The molecule has 2 N–H and O–H groups in total. The number of hydrogen-bond acceptors (Lipinski definition) is 6. The number of anilines is 1. The number of carbonyl (C=O) groups excluding carboxylic acids is 2. The van der Waals surface area contributed by atoms with Crippen LogP contribution in [0.15, 0.2) is 48.4 Å². The van der Waals surface area contributed by atoms with Crippen LogP contribution in [0.1, 0.15) is 19.3 Å². The molecule has 186 valence electrons. The second-order valence-corrected chi connectivity index (χ2v) is 7.66. The first-order chi connectivity index (χ1) is 16.2. The van der Waals surface area contributed by atoms with Crippen molar-refractivity contribution in [3.63, 3.8) is 0 Å². The van der Waals surface area contributed by atoms with Crippen molar-refractivity contribution >= 4 is 29.6 Å². The third-order valence-electron chi connectivity index (χ3n) is 4.69. The first kappa shape index (κ1) is 27.2. The van der Waals surface area contributed by atoms with Gasteiger partial charge in [0.15, 0.2) is 0 Å². The quantitative estimate of drug-likeness (QED) is 0.481. The average molecular weight is 503 g/mol. The zero-order chi connectivity index (χ0) is 25.1. The molecule has 0 spiro atoms. The van der Waals surface area contributed by atoms with Crippen molar-refractivity contribution in [1.82, 2.24) is 14.7 Å². The number of aromatic nitrogens is 2. The van der Waals surface area contributed by atoms with Gasteiger partial charge in [-0.3, -0.25) is 9.48 Å². The number of amides is 1. The second kappa shape index (κ2) is 13.0. The maximum atomic E-state index is 12.3. The molecule has 0 saturated heterocycles. The monoisotopic (exact) mass is 502 g/mol. The number of aldehydes is 1. The molecule has 12 heteroatoms. The fourth-order valence-corrected chi connectivity index (χ4v) is 3.16. The predicted molar refractivity (Wildman–Crippen MR) is 120 cm³/mol. The number of carbonyl (C=O) groups is 2. The minimum absolute atomic E-state index is 0.0781. The summed E-state index contributed by atoms with van der Waals surface area (Å²) in [6.07, 6.45) is -1.86. The van der Waals surface area contributed by atoms with Crippen molar-refractivity contribution in [1.29, 1.82) is 0 Å². The van der Waals surface area contributed by atoms with Crippen molar-refractivity contribution in [3.8, 4) is 5.75 Å². The fraction of sp³-hybridized carbons (Fsp3) is 0.409. The Morgan fingerprint density at radius 3 is 2.65 bits per heavy atom. The molecule has 1 aromatic carbocycles. The minimum atomic E-state index is -4.38. The van der Waals surface area contributed by atoms with Crippen LogP contribution in [0.25, 0.3) is 0 Å². The van der Waals surface area contributed by atoms with Gasteiger partial charge in [0.1, 0.15) is 23.6 Å². The summed E-state index contributed by atoms with van der Waals surface area (Å²) in [4.78, 5) is 24.0. The third-order valence-corrected chi connectivity index (χ3v) is 5.01. The molecule has 0 saturated carbocycles. The summed E-state index contributed by atoms with van der Waals surface area (Å²) in [7, 11) is 1.83. The molecule has 0 radical (unpaired) electrons. The van der Waals surface area contributed by atoms with Crippen molar-refractivity contribution in [2.24, 2.45) is 0 Å². The number of ether oxygens (including phenoxy) is 1. The van der Waals surface area contributed by atoms with Crippen LogP contribution in [0.2, 0.25) is 5.02 Å². The van der Waals surface area contributed by atoms with Gasteiger partial charge in [0.2, 0.25) is 0 Å². The summed E-state index contributed by atoms with van der Waals surface area (Å²) < 4.78 is 44.1. The van der Waals surface area contributed by atoms with Gasteiger partial charge in [-0.1, -0.05) is 23.7 Å². The lowest BCUT2D eigenvalue weighted by Crippen LogP contribution is -2.39. The molecule has 0 fully saturated rings. The lowest BCUT2D eigenvalue weighted by Gasteiger charge is -2.23. The maximum absolute atomic E-state index is 12.3. The average Bonchev–Trinajstić information content (AvgIpc) is 3.40. The lowest BCUT2D eigenvalue weighted by atomic mass is 10.1. The summed E-state index contributed by atoms with van der Waals surface area (Å²) in [5, 5.41) is 16.0. The van der Waals surface area contributed by atoms with Crippen LogP contribution in [0.3, 0.4) is 0 Å². The number of halogens is 4. The summed E-state index contributed by atoms with van der Waals surface area (Å²) in [5.41, 5.74) is 0. The zero-order valence-electron chi connectivity index (χ0n) is 18.5. The second-order valence-electron chi connectivity index (χ2n) is 7.26. The van der Waals surface area contributed by atoms with Gasteiger partial charge in [0.25, 0.3) is 5.91 Å². The number of benzene rings is 1. The van der Waals surface area contributed by atoms with E-state index in [2.05, 4.69) is 10.4 Å². The topological polar surface area (TPSA) is 96.7 Å². The van der Waals surface area contributed by atoms with Gasteiger partial charge in [-0.05, 0) is 25.0 Å². The van der Waals surface area contributed by atoms with Crippen molar-refractivity contribution in [2.75, 3.05) is 25.5 Å². The van der Waals surface area contributed by atoms with Gasteiger partial charge in [-0.2, -0.15) is 18.3 Å². The first-order valence-corrected chi connectivity index (χ1v) is 10.8. The molecule has 2 heterocycles. The Kier molecular flexibility index (Phi) is 10.4. The Balaban J connectivity index is 0.000000310. The number of alkyl halides is 3. The smallest absolute Gasteiger partial charge is 0.389 e. The highest BCUT2D eigenvalue weighted by molar-refractivity contribution is 6.32. The van der Waals surface area contributed by atoms with Gasteiger partial charge in [0.05, 0.1) is 17.6 Å². The van der Waals surface area contributed by atoms with Gasteiger partial charge >= 0.3 is 6.18 Å². The lowest BCUT2D eigenvalue weighted by molar-refractivity contribution is -0.143. The minimum Gasteiger partial charge on any atom is -0.458 e. The zero-order valence-corrected chi connectivity index (χ0v) is 19.2. The summed E-state index contributed by atoms with van der Waals surface area (Å²) >= 11 is 5.93. The molecule has 1 aliphatic rings. The molecule has 1 amide bonds. The fourth-order valence-electron chi connectivity index (χ4n) is 2.98. The number of aryl methyl sites for hydroxylation is 1. The number of para-hydroxylation sites is 1. The van der Waals surface area contributed by atoms with Gasteiger partial charge in [-0.25, -0.2) is 0 Å². The van der Waals surface area contributed by atoms with Gasteiger partial charge in [0, 0.05) is 45.0 Å². The van der Waals surface area contributed by atoms with Crippen LogP contribution in [0.5, 0.6) is 5.75 Å². The standard InChI is InChI=1S/C15H13ClF3NO3.C7H13N3O/c16-12-3-1-2-4-13(12)23-11-7-14(22)20(8-11)10(9-21)5-6-15(17,18)19;1-8-7-3-5-10(9-7)4-2-6-11/h1-4,7,9-10H,5-6,8H2;3,5,11H,2,4,6H2,1H3,(H,8,9). The highest BCUT2D eigenvalue weighted by atomic mass is 35.5. The largest absolute Gasteiger partial charge is 0.458 e. The Morgan fingerprint density at radius 2 is 2.06 bits per heavy atom. The van der Waals surface area contributed by atoms with E-state index < -0.39 is 31.0 Å². The number of nitrogens with zero attached hydrogens (tertiary/aromatic N) is 3. The molecule has 1 aromatic heterocycles. The summed E-state index contributed by atoms with van der Waals surface area (Å²) in [5.74, 6) is 0.851. The Hall–Kier alpha value is -3.05. The van der Waals surface area contributed by atoms with E-state index in [9.17, 15) is 22.8 Å². The molecule has 1 unspecified atom stereocenters. The van der Waals surface area contributed by atoms with Crippen LogP contribution >= 0.6 is 11.6 Å². The van der Waals surface area contributed by atoms with E-state index in [0.717, 1.165) is 29.8 Å². The highest BCUT2D eigenvalue weighted by Crippen LogP contribution is 2.28. The van der Waals surface area contributed by atoms with Crippen LogP contribution in [-0.4, -0.2) is 64.4 Å². The number of hydrogen-bond donors (Lipinski definition) is 2. The molecule has 0 aliphatic carbocycles. The third kappa shape index (κ3) is 8.71. The van der Waals surface area contributed by atoms with E-state index in [4.69, 9.17) is 21.4 Å². The number of aliphatic hydroxyl groups is 1. The van der Waals surface area contributed by atoms with Crippen molar-refractivity contribution in [3.05, 3.63) is 53.4 Å². The predicted octanol–water partition coefficient (Wildman–Crippen LogP) is 3.66. The molecule has 0 bridgehead atoms. The van der Waals surface area contributed by atoms with Crippen molar-refractivity contribution < 1.29 is 32.6 Å². The van der Waals surface area contributed by atoms with Crippen LogP contribution in [0, 0.1) is 0 Å². The highest BCUT2D eigenvalue weighted by Gasteiger charge is 2.34. The maximum Gasteiger partial charge on any atom is 0.389 e. The molecule has 8 nitrogen and oxygen atoms in total. The van der Waals surface area contributed by atoms with Crippen LogP contribution < -0.4 is 10.1 Å². The summed E-state index contributed by atoms with van der Waals surface area (Å²) in [6, 6.07) is 7.34. The molecular formula is C22H26ClF3N4O4. The van der Waals surface area contributed by atoms with E-state index in [-0.39, 0.29) is 18.9 Å². The van der Waals surface area contributed by atoms with Crippen LogP contribution in [0.4, 0.5) is 19.0 Å². The molecule has 3 rings (SSSR count). The number of rotatable bonds is 10. The van der Waals surface area contributed by atoms with Crippen LogP contribution in [-0.2, 0) is 16.1 Å². The van der Waals surface area contributed by atoms with E-state index in [1.165, 1.54) is 0 Å². The van der Waals surface area contributed by atoms with E-state index in [1.54, 1.807) is 24.3 Å². The van der Waals surface area contributed by atoms with Gasteiger partial charge in [-0.15, -0.1) is 0 Å². The summed E-state index contributed by atoms with van der Waals surface area (Å²) in [6.45, 7) is 0.915. The Bertz CT molecular complexity index is 981. The molecule has 1 aliphatic heterocycles. The molecular weight excluding hydrogens is 477 g/mol. The van der Waals surface area contributed by atoms with E-state index in [0.29, 0.717) is 17.1 Å². The SMILES string of the molecule is CNc1ccn(CCCO)n1.O=CC(CCC(F)(F)F)N1CC(Oc2ccccc2Cl)=CC1=O. The first-order valence-electron chi connectivity index (χ1n) is 10.4. The van der Waals surface area contributed by atoms with Crippen molar-refractivity contribution in [2.45, 2.75) is 38.0 Å². The number of nitrogens with one attached hydrogen (secondary N) is 1. The molecule has 2 aromatic rings. The van der Waals surface area contributed by atoms with E-state index in [1.807, 2.05) is 24.0 Å². The van der Waals surface area contributed by atoms with Gasteiger partial charge < -0.3 is 24.9 Å². The Morgan fingerprint density at radius 1 is 1.32 bits per heavy atom. The molecule has 1 atom stereocenters.